The molecule has 1 aliphatic rings. The van der Waals surface area contributed by atoms with Crippen LogP contribution in [0.1, 0.15) is 43.2 Å². The number of hydrogen-bond acceptors (Lipinski definition) is 2. The van der Waals surface area contributed by atoms with Crippen molar-refractivity contribution in [2.45, 2.75) is 37.5 Å². The average Bonchev–Trinajstić information content (AvgIpc) is 2.68. The van der Waals surface area contributed by atoms with E-state index in [1.165, 1.54) is 56.4 Å². The molecule has 0 aromatic heterocycles. The zero-order chi connectivity index (χ0) is 16.7. The number of rotatable bonds is 7. The Balaban J connectivity index is 0.00000225. The molecular weight excluding hydrogens is 328 g/mol. The summed E-state index contributed by atoms with van der Waals surface area (Å²) in [7, 11) is 0. The van der Waals surface area contributed by atoms with Gasteiger partial charge in [-0.1, -0.05) is 67.1 Å². The number of benzene rings is 2. The van der Waals surface area contributed by atoms with Gasteiger partial charge in [0.05, 0.1) is 0 Å². The highest BCUT2D eigenvalue weighted by Crippen LogP contribution is 2.36. The van der Waals surface area contributed by atoms with Crippen LogP contribution in [0.2, 0.25) is 0 Å². The molecule has 1 fully saturated rings. The Bertz CT molecular complexity index is 554. The predicted octanol–water partition coefficient (Wildman–Crippen LogP) is 4.62. The second-order valence-electron chi connectivity index (χ2n) is 7.02. The predicted molar refractivity (Wildman–Crippen MR) is 109 cm³/mol. The number of hydrogen-bond donors (Lipinski definition) is 1. The summed E-state index contributed by atoms with van der Waals surface area (Å²) in [5, 5.41) is 0. The fourth-order valence-electron chi connectivity index (χ4n) is 4.09. The molecule has 2 nitrogen and oxygen atoms in total. The summed E-state index contributed by atoms with van der Waals surface area (Å²) < 4.78 is 0. The summed E-state index contributed by atoms with van der Waals surface area (Å²) in [5.74, 6) is 0. The molecule has 0 spiro atoms. The Morgan fingerprint density at radius 1 is 0.800 bits per heavy atom. The maximum Gasteiger partial charge on any atom is 0.0325 e. The Morgan fingerprint density at radius 2 is 1.32 bits per heavy atom. The minimum absolute atomic E-state index is 0. The van der Waals surface area contributed by atoms with Crippen molar-refractivity contribution in [1.29, 1.82) is 0 Å². The fraction of sp³-hybridized carbons (Fsp3) is 0.455. The Hall–Kier alpha value is -1.35. The quantitative estimate of drug-likeness (QED) is 0.782. The van der Waals surface area contributed by atoms with E-state index in [9.17, 15) is 0 Å². The van der Waals surface area contributed by atoms with Gasteiger partial charge >= 0.3 is 0 Å². The van der Waals surface area contributed by atoms with Crippen molar-refractivity contribution in [2.24, 2.45) is 5.73 Å². The van der Waals surface area contributed by atoms with E-state index < -0.39 is 0 Å². The number of piperidine rings is 1. The van der Waals surface area contributed by atoms with E-state index in [-0.39, 0.29) is 17.8 Å². The standard InChI is InChI=1S/C22H30N2.ClH/c23-19-22(20-11-4-1-5-12-20,21-13-6-2-7-14-21)15-10-18-24-16-8-3-9-17-24;/h1-2,4-7,11-14H,3,8-10,15-19,23H2;1H. The van der Waals surface area contributed by atoms with E-state index in [0.29, 0.717) is 6.54 Å². The van der Waals surface area contributed by atoms with Gasteiger partial charge in [-0.25, -0.2) is 0 Å². The molecule has 0 unspecified atom stereocenters. The average molecular weight is 359 g/mol. The van der Waals surface area contributed by atoms with Crippen molar-refractivity contribution in [3.05, 3.63) is 71.8 Å². The fourth-order valence-corrected chi connectivity index (χ4v) is 4.09. The van der Waals surface area contributed by atoms with Gasteiger partial charge in [0.2, 0.25) is 0 Å². The lowest BCUT2D eigenvalue weighted by atomic mass is 9.71. The number of halogens is 1. The molecule has 0 saturated carbocycles. The van der Waals surface area contributed by atoms with E-state index >= 15 is 0 Å². The molecule has 3 heteroatoms. The van der Waals surface area contributed by atoms with Gasteiger partial charge in [-0.3, -0.25) is 0 Å². The largest absolute Gasteiger partial charge is 0.329 e. The minimum Gasteiger partial charge on any atom is -0.329 e. The molecule has 25 heavy (non-hydrogen) atoms. The van der Waals surface area contributed by atoms with Crippen molar-refractivity contribution >= 4 is 12.4 Å². The normalized spacial score (nSPS) is 15.6. The molecule has 1 heterocycles. The van der Waals surface area contributed by atoms with Crippen molar-refractivity contribution in [3.8, 4) is 0 Å². The molecule has 1 aliphatic heterocycles. The second-order valence-corrected chi connectivity index (χ2v) is 7.02. The molecular formula is C22H31ClN2. The molecule has 2 aromatic rings. The number of nitrogens with zero attached hydrogens (tertiary/aromatic N) is 1. The summed E-state index contributed by atoms with van der Waals surface area (Å²) in [6.45, 7) is 4.39. The van der Waals surface area contributed by atoms with Gasteiger partial charge in [-0.05, 0) is 56.4 Å². The van der Waals surface area contributed by atoms with Crippen molar-refractivity contribution in [2.75, 3.05) is 26.2 Å². The highest BCUT2D eigenvalue weighted by molar-refractivity contribution is 5.85. The summed E-state index contributed by atoms with van der Waals surface area (Å²) in [6.07, 6.45) is 6.42. The SMILES string of the molecule is Cl.NCC(CCCN1CCCCC1)(c1ccccc1)c1ccccc1. The van der Waals surface area contributed by atoms with Crippen LogP contribution in [0.3, 0.4) is 0 Å². The second kappa shape index (κ2) is 9.96. The minimum atomic E-state index is -0.0711. The van der Waals surface area contributed by atoms with Crippen LogP contribution >= 0.6 is 12.4 Å². The van der Waals surface area contributed by atoms with Gasteiger partial charge in [0.25, 0.3) is 0 Å². The van der Waals surface area contributed by atoms with Crippen LogP contribution in [0.4, 0.5) is 0 Å². The summed E-state index contributed by atoms with van der Waals surface area (Å²) >= 11 is 0. The van der Waals surface area contributed by atoms with Crippen LogP contribution in [0, 0.1) is 0 Å². The van der Waals surface area contributed by atoms with Crippen LogP contribution in [0.15, 0.2) is 60.7 Å². The van der Waals surface area contributed by atoms with Crippen LogP contribution in [-0.4, -0.2) is 31.1 Å². The van der Waals surface area contributed by atoms with E-state index in [4.69, 9.17) is 5.73 Å². The van der Waals surface area contributed by atoms with E-state index in [1.807, 2.05) is 0 Å². The summed E-state index contributed by atoms with van der Waals surface area (Å²) in [4.78, 5) is 2.63. The summed E-state index contributed by atoms with van der Waals surface area (Å²) in [6, 6.07) is 21.7. The van der Waals surface area contributed by atoms with Crippen LogP contribution in [0.25, 0.3) is 0 Å². The zero-order valence-electron chi connectivity index (χ0n) is 15.1. The van der Waals surface area contributed by atoms with E-state index in [1.54, 1.807) is 0 Å². The first-order valence-electron chi connectivity index (χ1n) is 9.39. The zero-order valence-corrected chi connectivity index (χ0v) is 15.9. The molecule has 0 radical (unpaired) electrons. The molecule has 2 aromatic carbocycles. The van der Waals surface area contributed by atoms with Crippen LogP contribution < -0.4 is 5.73 Å². The first-order chi connectivity index (χ1) is 11.8. The van der Waals surface area contributed by atoms with E-state index in [0.717, 1.165) is 6.42 Å². The van der Waals surface area contributed by atoms with E-state index in [2.05, 4.69) is 65.6 Å². The van der Waals surface area contributed by atoms with Gasteiger partial charge in [0, 0.05) is 12.0 Å². The molecule has 0 bridgehead atoms. The lowest BCUT2D eigenvalue weighted by molar-refractivity contribution is 0.219. The van der Waals surface area contributed by atoms with Gasteiger partial charge in [-0.15, -0.1) is 12.4 Å². The number of nitrogens with two attached hydrogens (primary N) is 1. The lowest BCUT2D eigenvalue weighted by Crippen LogP contribution is -2.38. The van der Waals surface area contributed by atoms with Gasteiger partial charge < -0.3 is 10.6 Å². The maximum absolute atomic E-state index is 6.38. The van der Waals surface area contributed by atoms with Gasteiger partial charge in [-0.2, -0.15) is 0 Å². The first-order valence-corrected chi connectivity index (χ1v) is 9.39. The molecule has 0 atom stereocenters. The van der Waals surface area contributed by atoms with Crippen molar-refractivity contribution in [1.82, 2.24) is 4.90 Å². The molecule has 2 N–H and O–H groups in total. The van der Waals surface area contributed by atoms with Crippen LogP contribution in [-0.2, 0) is 5.41 Å². The van der Waals surface area contributed by atoms with Gasteiger partial charge in [0.15, 0.2) is 0 Å². The Labute approximate surface area is 158 Å². The molecule has 3 rings (SSSR count). The first kappa shape index (κ1) is 20.0. The third-order valence-corrected chi connectivity index (χ3v) is 5.53. The maximum atomic E-state index is 6.38. The lowest BCUT2D eigenvalue weighted by Gasteiger charge is -2.35. The number of likely N-dealkylation sites (tertiary alicyclic amines) is 1. The highest BCUT2D eigenvalue weighted by Gasteiger charge is 2.32. The third-order valence-electron chi connectivity index (χ3n) is 5.53. The smallest absolute Gasteiger partial charge is 0.0325 e. The molecule has 0 aliphatic carbocycles. The Morgan fingerprint density at radius 3 is 1.80 bits per heavy atom. The topological polar surface area (TPSA) is 29.3 Å². The monoisotopic (exact) mass is 358 g/mol. The molecule has 136 valence electrons. The van der Waals surface area contributed by atoms with Crippen LogP contribution in [0.5, 0.6) is 0 Å². The molecule has 0 amide bonds. The molecule has 1 saturated heterocycles. The van der Waals surface area contributed by atoms with Gasteiger partial charge in [0.1, 0.15) is 0 Å². The van der Waals surface area contributed by atoms with Crippen molar-refractivity contribution in [3.63, 3.8) is 0 Å². The Kier molecular flexibility index (Phi) is 7.95. The van der Waals surface area contributed by atoms with Crippen molar-refractivity contribution < 1.29 is 0 Å². The summed E-state index contributed by atoms with van der Waals surface area (Å²) in [5.41, 5.74) is 9.00. The highest BCUT2D eigenvalue weighted by atomic mass is 35.5. The third kappa shape index (κ3) is 4.84.